The van der Waals surface area contributed by atoms with Crippen molar-refractivity contribution in [3.63, 3.8) is 0 Å². The Balaban J connectivity index is 3.97. The standard InChI is InChI=1S/C16H39NO6SSi3/c1-25(2,3)22-27(6,7)23-26(4,5)10-8-9-21-11-14(18)12-24-13-15(17)16(19)20/h14-15,18H,8-13,17H2,1-7H3,(H,19,20)/t14?,15-/m0/s1. The molecule has 0 aliphatic carbocycles. The molecule has 2 atom stereocenters. The minimum atomic E-state index is -2.11. The summed E-state index contributed by atoms with van der Waals surface area (Å²) in [6, 6.07) is 0.0876. The molecule has 0 saturated heterocycles. The Hall–Kier alpha value is 0.271. The van der Waals surface area contributed by atoms with Gasteiger partial charge in [-0.3, -0.25) is 4.79 Å². The molecule has 162 valence electrons. The normalized spacial score (nSPS) is 15.6. The Morgan fingerprint density at radius 2 is 1.67 bits per heavy atom. The number of ether oxygens (including phenoxy) is 1. The number of carboxylic acids is 1. The summed E-state index contributed by atoms with van der Waals surface area (Å²) < 4.78 is 18.3. The third-order valence-electron chi connectivity index (χ3n) is 3.38. The van der Waals surface area contributed by atoms with E-state index >= 15 is 0 Å². The lowest BCUT2D eigenvalue weighted by Crippen LogP contribution is -2.51. The second-order valence-corrected chi connectivity index (χ2v) is 22.5. The van der Waals surface area contributed by atoms with Crippen LogP contribution in [0, 0.1) is 0 Å². The first kappa shape index (κ1) is 27.3. The molecular weight excluding hydrogens is 419 g/mol. The predicted octanol–water partition coefficient (Wildman–Crippen LogP) is 2.67. The Bertz CT molecular complexity index is 448. The van der Waals surface area contributed by atoms with Crippen LogP contribution in [0.1, 0.15) is 6.42 Å². The average Bonchev–Trinajstić information content (AvgIpc) is 2.42. The van der Waals surface area contributed by atoms with E-state index in [0.717, 1.165) is 12.5 Å². The number of aliphatic carboxylic acids is 1. The van der Waals surface area contributed by atoms with Crippen molar-refractivity contribution in [2.45, 2.75) is 70.4 Å². The summed E-state index contributed by atoms with van der Waals surface area (Å²) in [6.07, 6.45) is 0.273. The van der Waals surface area contributed by atoms with Gasteiger partial charge in [-0.25, -0.2) is 0 Å². The molecule has 0 fully saturated rings. The Morgan fingerprint density at radius 3 is 2.19 bits per heavy atom. The van der Waals surface area contributed by atoms with Crippen LogP contribution in [-0.4, -0.2) is 78.2 Å². The number of aliphatic hydroxyl groups is 1. The molecule has 0 heterocycles. The fourth-order valence-corrected chi connectivity index (χ4v) is 16.8. The minimum Gasteiger partial charge on any atom is -0.480 e. The van der Waals surface area contributed by atoms with Gasteiger partial charge in [-0.15, -0.1) is 0 Å². The van der Waals surface area contributed by atoms with Gasteiger partial charge in [0.05, 0.1) is 12.7 Å². The summed E-state index contributed by atoms with van der Waals surface area (Å²) in [5.41, 5.74) is 5.42. The smallest absolute Gasteiger partial charge is 0.321 e. The number of nitrogens with two attached hydrogens (primary N) is 1. The zero-order chi connectivity index (χ0) is 21.3. The monoisotopic (exact) mass is 457 g/mol. The number of rotatable bonds is 15. The predicted molar refractivity (Wildman–Crippen MR) is 120 cm³/mol. The summed E-state index contributed by atoms with van der Waals surface area (Å²) >= 11 is 1.32. The lowest BCUT2D eigenvalue weighted by atomic mass is 10.4. The van der Waals surface area contributed by atoms with Crippen LogP contribution in [0.2, 0.25) is 51.9 Å². The topological polar surface area (TPSA) is 111 Å². The molecule has 0 aromatic heterocycles. The Kier molecular flexibility index (Phi) is 12.2. The van der Waals surface area contributed by atoms with E-state index in [-0.39, 0.29) is 12.4 Å². The van der Waals surface area contributed by atoms with Crippen molar-refractivity contribution in [1.29, 1.82) is 0 Å². The van der Waals surface area contributed by atoms with Crippen molar-refractivity contribution < 1.29 is 28.0 Å². The van der Waals surface area contributed by atoms with Crippen LogP contribution in [0.5, 0.6) is 0 Å². The molecule has 0 aliphatic rings. The van der Waals surface area contributed by atoms with E-state index in [1.54, 1.807) is 0 Å². The number of thioether (sulfide) groups is 1. The van der Waals surface area contributed by atoms with E-state index in [2.05, 4.69) is 45.8 Å². The Labute approximate surface area is 171 Å². The summed E-state index contributed by atoms with van der Waals surface area (Å²) in [4.78, 5) is 10.6. The molecule has 0 radical (unpaired) electrons. The minimum absolute atomic E-state index is 0.247. The first-order chi connectivity index (χ1) is 12.1. The van der Waals surface area contributed by atoms with Crippen LogP contribution >= 0.6 is 11.8 Å². The van der Waals surface area contributed by atoms with E-state index in [9.17, 15) is 9.90 Å². The zero-order valence-electron chi connectivity index (χ0n) is 17.9. The van der Waals surface area contributed by atoms with Crippen molar-refractivity contribution in [2.24, 2.45) is 5.73 Å². The van der Waals surface area contributed by atoms with Crippen LogP contribution in [0.3, 0.4) is 0 Å². The van der Waals surface area contributed by atoms with Gasteiger partial charge in [-0.2, -0.15) is 11.8 Å². The molecule has 27 heavy (non-hydrogen) atoms. The molecular formula is C16H39NO6SSi3. The maximum atomic E-state index is 10.6. The molecule has 0 aromatic carbocycles. The molecule has 11 heteroatoms. The maximum Gasteiger partial charge on any atom is 0.321 e. The molecule has 4 N–H and O–H groups in total. The van der Waals surface area contributed by atoms with Crippen LogP contribution < -0.4 is 5.73 Å². The third-order valence-corrected chi connectivity index (χ3v) is 14.7. The molecule has 0 aromatic rings. The SMILES string of the molecule is C[Si](C)(C)O[Si](C)(C)O[Si](C)(C)CCCOCC(O)CSC[C@H](N)C(=O)O. The average molecular weight is 458 g/mol. The number of hydrogen-bond acceptors (Lipinski definition) is 7. The van der Waals surface area contributed by atoms with Gasteiger partial charge in [0.2, 0.25) is 0 Å². The number of aliphatic hydroxyl groups excluding tert-OH is 1. The van der Waals surface area contributed by atoms with E-state index in [1.807, 2.05) is 0 Å². The fourth-order valence-electron chi connectivity index (χ4n) is 2.74. The largest absolute Gasteiger partial charge is 0.480 e. The van der Waals surface area contributed by atoms with Crippen molar-refractivity contribution in [3.05, 3.63) is 0 Å². The van der Waals surface area contributed by atoms with E-state index in [1.165, 1.54) is 11.8 Å². The number of carboxylic acid groups (broad SMARTS) is 1. The quantitative estimate of drug-likeness (QED) is 0.254. The van der Waals surface area contributed by atoms with Crippen LogP contribution in [-0.2, 0) is 17.8 Å². The lowest BCUT2D eigenvalue weighted by molar-refractivity contribution is -0.137. The highest BCUT2D eigenvalue weighted by Crippen LogP contribution is 2.23. The summed E-state index contributed by atoms with van der Waals surface area (Å²) in [7, 11) is -5.53. The van der Waals surface area contributed by atoms with Crippen molar-refractivity contribution in [2.75, 3.05) is 24.7 Å². The molecule has 0 rings (SSSR count). The summed E-state index contributed by atoms with van der Waals surface area (Å²) in [6.45, 7) is 16.1. The molecule has 0 saturated carbocycles. The zero-order valence-corrected chi connectivity index (χ0v) is 21.7. The van der Waals surface area contributed by atoms with Gasteiger partial charge in [0.1, 0.15) is 6.04 Å². The van der Waals surface area contributed by atoms with Gasteiger partial charge in [0.15, 0.2) is 16.6 Å². The van der Waals surface area contributed by atoms with Gasteiger partial charge in [-0.1, -0.05) is 0 Å². The van der Waals surface area contributed by atoms with Crippen molar-refractivity contribution in [3.8, 4) is 0 Å². The lowest BCUT2D eigenvalue weighted by Gasteiger charge is -2.37. The molecule has 7 nitrogen and oxygen atoms in total. The van der Waals surface area contributed by atoms with E-state index < -0.39 is 43.3 Å². The van der Waals surface area contributed by atoms with Gasteiger partial charge < -0.3 is 28.9 Å². The fraction of sp³-hybridized carbons (Fsp3) is 0.938. The molecule has 0 bridgehead atoms. The van der Waals surface area contributed by atoms with Crippen molar-refractivity contribution in [1.82, 2.24) is 0 Å². The third kappa shape index (κ3) is 15.8. The van der Waals surface area contributed by atoms with E-state index in [0.29, 0.717) is 12.4 Å². The second-order valence-electron chi connectivity index (χ2n) is 8.79. The van der Waals surface area contributed by atoms with E-state index in [4.69, 9.17) is 23.8 Å². The van der Waals surface area contributed by atoms with Crippen LogP contribution in [0.15, 0.2) is 0 Å². The number of hydrogen-bond donors (Lipinski definition) is 3. The highest BCUT2D eigenvalue weighted by molar-refractivity contribution is 7.99. The highest BCUT2D eigenvalue weighted by Gasteiger charge is 2.37. The Morgan fingerprint density at radius 1 is 1.07 bits per heavy atom. The maximum absolute atomic E-state index is 10.6. The van der Waals surface area contributed by atoms with Gasteiger partial charge >= 0.3 is 14.5 Å². The van der Waals surface area contributed by atoms with Gasteiger partial charge in [0.25, 0.3) is 0 Å². The van der Waals surface area contributed by atoms with Crippen molar-refractivity contribution >= 4 is 42.9 Å². The number of carbonyl (C=O) groups is 1. The first-order valence-electron chi connectivity index (χ1n) is 9.36. The van der Waals surface area contributed by atoms with Crippen LogP contribution in [0.4, 0.5) is 0 Å². The summed E-state index contributed by atoms with van der Waals surface area (Å²) in [5.74, 6) is -0.329. The molecule has 0 spiro atoms. The van der Waals surface area contributed by atoms with Gasteiger partial charge in [0, 0.05) is 18.1 Å². The van der Waals surface area contributed by atoms with Crippen LogP contribution in [0.25, 0.3) is 0 Å². The highest BCUT2D eigenvalue weighted by atomic mass is 32.2. The van der Waals surface area contributed by atoms with Gasteiger partial charge in [-0.05, 0) is 58.3 Å². The first-order valence-corrected chi connectivity index (χ1v) is 19.9. The molecule has 0 amide bonds. The summed E-state index contributed by atoms with van der Waals surface area (Å²) in [5, 5.41) is 18.6. The second kappa shape index (κ2) is 12.1. The molecule has 1 unspecified atom stereocenters. The molecule has 0 aliphatic heterocycles.